The van der Waals surface area contributed by atoms with E-state index in [1.54, 1.807) is 0 Å². The van der Waals surface area contributed by atoms with E-state index in [1.165, 1.54) is 0 Å². The average molecular weight is 243 g/mol. The van der Waals surface area contributed by atoms with E-state index in [-0.39, 0.29) is 0 Å². The average Bonchev–Trinajstić information content (AvgIpc) is 2.73. The fourth-order valence-corrected chi connectivity index (χ4v) is 2.04. The summed E-state index contributed by atoms with van der Waals surface area (Å²) >= 11 is 1.81. The fraction of sp³-hybridized carbons (Fsp3) is 0.818. The highest BCUT2D eigenvalue weighted by molar-refractivity contribution is 7.98. The molecule has 1 unspecified atom stereocenters. The maximum Gasteiger partial charge on any atom is 0.228 e. The molecule has 5 heteroatoms. The van der Waals surface area contributed by atoms with Crippen LogP contribution in [0.2, 0.25) is 0 Å². The van der Waals surface area contributed by atoms with Gasteiger partial charge < -0.3 is 9.84 Å². The molecule has 0 amide bonds. The number of rotatable bonds is 8. The summed E-state index contributed by atoms with van der Waals surface area (Å²) in [7, 11) is 1.98. The number of likely N-dealkylation sites (N-methyl/N-ethyl adjacent to an activating group) is 1. The van der Waals surface area contributed by atoms with E-state index in [4.69, 9.17) is 4.52 Å². The molecule has 1 atom stereocenters. The third kappa shape index (κ3) is 4.53. The van der Waals surface area contributed by atoms with Crippen molar-refractivity contribution in [1.82, 2.24) is 15.5 Å². The largest absolute Gasteiger partial charge is 0.339 e. The molecule has 92 valence electrons. The smallest absolute Gasteiger partial charge is 0.228 e. The summed E-state index contributed by atoms with van der Waals surface area (Å²) in [6, 6.07) is 0.442. The van der Waals surface area contributed by atoms with Crippen LogP contribution in [0.4, 0.5) is 0 Å². The zero-order valence-electron chi connectivity index (χ0n) is 10.3. The second-order valence-corrected chi connectivity index (χ2v) is 4.99. The zero-order valence-corrected chi connectivity index (χ0v) is 11.1. The van der Waals surface area contributed by atoms with Gasteiger partial charge in [0.1, 0.15) is 0 Å². The highest BCUT2D eigenvalue weighted by atomic mass is 32.2. The van der Waals surface area contributed by atoms with Gasteiger partial charge in [-0.1, -0.05) is 25.4 Å². The molecular weight excluding hydrogens is 222 g/mol. The summed E-state index contributed by atoms with van der Waals surface area (Å²) in [6.07, 6.45) is 3.13. The van der Waals surface area contributed by atoms with Gasteiger partial charge in [-0.15, -0.1) is 0 Å². The zero-order chi connectivity index (χ0) is 11.8. The standard InChI is InChI=1S/C11H21N3OS/c1-4-6-9(12-3)7-11-13-10(14-15-11)8-16-5-2/h9,12H,4-8H2,1-3H3. The molecule has 1 aromatic heterocycles. The number of nitrogens with one attached hydrogen (secondary N) is 1. The van der Waals surface area contributed by atoms with Crippen molar-refractivity contribution >= 4 is 11.8 Å². The van der Waals surface area contributed by atoms with Crippen LogP contribution in [0.3, 0.4) is 0 Å². The van der Waals surface area contributed by atoms with Crippen LogP contribution in [0.25, 0.3) is 0 Å². The molecule has 0 aliphatic rings. The highest BCUT2D eigenvalue weighted by Crippen LogP contribution is 2.10. The van der Waals surface area contributed by atoms with Gasteiger partial charge in [0.25, 0.3) is 0 Å². The molecule has 1 aromatic rings. The minimum Gasteiger partial charge on any atom is -0.339 e. The summed E-state index contributed by atoms with van der Waals surface area (Å²) < 4.78 is 5.23. The highest BCUT2D eigenvalue weighted by Gasteiger charge is 2.12. The van der Waals surface area contributed by atoms with Crippen LogP contribution < -0.4 is 5.32 Å². The van der Waals surface area contributed by atoms with Gasteiger partial charge in [0.05, 0.1) is 5.75 Å². The molecule has 0 fully saturated rings. The lowest BCUT2D eigenvalue weighted by Crippen LogP contribution is -2.27. The van der Waals surface area contributed by atoms with Gasteiger partial charge in [-0.3, -0.25) is 0 Å². The number of hydrogen-bond acceptors (Lipinski definition) is 5. The Hall–Kier alpha value is -0.550. The maximum atomic E-state index is 5.23. The van der Waals surface area contributed by atoms with Crippen LogP contribution in [-0.2, 0) is 12.2 Å². The van der Waals surface area contributed by atoms with Gasteiger partial charge >= 0.3 is 0 Å². The van der Waals surface area contributed by atoms with Crippen LogP contribution in [0.1, 0.15) is 38.4 Å². The lowest BCUT2D eigenvalue weighted by atomic mass is 10.1. The van der Waals surface area contributed by atoms with Crippen molar-refractivity contribution in [2.45, 2.75) is 44.9 Å². The van der Waals surface area contributed by atoms with E-state index in [0.29, 0.717) is 6.04 Å². The van der Waals surface area contributed by atoms with Crippen LogP contribution >= 0.6 is 11.8 Å². The Balaban J connectivity index is 2.43. The van der Waals surface area contributed by atoms with Gasteiger partial charge in [0.2, 0.25) is 5.89 Å². The molecule has 0 aliphatic carbocycles. The summed E-state index contributed by atoms with van der Waals surface area (Å²) in [5.74, 6) is 3.49. The molecule has 1 heterocycles. The molecule has 0 saturated heterocycles. The third-order valence-corrected chi connectivity index (χ3v) is 3.28. The number of hydrogen-bond donors (Lipinski definition) is 1. The SMILES string of the molecule is CCCC(Cc1nc(CSCC)no1)NC. The first-order valence-corrected chi connectivity index (χ1v) is 7.02. The van der Waals surface area contributed by atoms with E-state index < -0.39 is 0 Å². The van der Waals surface area contributed by atoms with Crippen LogP contribution in [0, 0.1) is 0 Å². The quantitative estimate of drug-likeness (QED) is 0.759. The number of thioether (sulfide) groups is 1. The molecule has 16 heavy (non-hydrogen) atoms. The Morgan fingerprint density at radius 3 is 2.88 bits per heavy atom. The van der Waals surface area contributed by atoms with Crippen molar-refractivity contribution in [2.75, 3.05) is 12.8 Å². The predicted octanol–water partition coefficient (Wildman–Crippen LogP) is 2.25. The summed E-state index contributed by atoms with van der Waals surface area (Å²) in [6.45, 7) is 4.31. The van der Waals surface area contributed by atoms with Crippen LogP contribution in [-0.4, -0.2) is 29.0 Å². The Labute approximate surface area is 102 Å². The van der Waals surface area contributed by atoms with E-state index in [0.717, 1.165) is 42.5 Å². The minimum atomic E-state index is 0.442. The van der Waals surface area contributed by atoms with Gasteiger partial charge in [0.15, 0.2) is 5.82 Å². The number of nitrogens with zero attached hydrogens (tertiary/aromatic N) is 2. The third-order valence-electron chi connectivity index (χ3n) is 2.41. The van der Waals surface area contributed by atoms with Crippen LogP contribution in [0.15, 0.2) is 4.52 Å². The molecule has 1 rings (SSSR count). The van der Waals surface area contributed by atoms with Gasteiger partial charge in [-0.25, -0.2) is 0 Å². The maximum absolute atomic E-state index is 5.23. The Morgan fingerprint density at radius 2 is 2.25 bits per heavy atom. The Kier molecular flexibility index (Phi) is 6.49. The normalized spacial score (nSPS) is 12.9. The lowest BCUT2D eigenvalue weighted by Gasteiger charge is -2.11. The summed E-state index contributed by atoms with van der Waals surface area (Å²) in [5.41, 5.74) is 0. The van der Waals surface area contributed by atoms with E-state index in [1.807, 2.05) is 18.8 Å². The van der Waals surface area contributed by atoms with Crippen molar-refractivity contribution < 1.29 is 4.52 Å². The van der Waals surface area contributed by atoms with Gasteiger partial charge in [0, 0.05) is 12.5 Å². The van der Waals surface area contributed by atoms with Crippen molar-refractivity contribution in [3.05, 3.63) is 11.7 Å². The molecule has 0 spiro atoms. The lowest BCUT2D eigenvalue weighted by molar-refractivity contribution is 0.353. The second kappa shape index (κ2) is 7.68. The van der Waals surface area contributed by atoms with E-state index in [9.17, 15) is 0 Å². The monoisotopic (exact) mass is 243 g/mol. The molecule has 0 saturated carbocycles. The molecule has 0 radical (unpaired) electrons. The fourth-order valence-electron chi connectivity index (χ4n) is 1.53. The first-order valence-electron chi connectivity index (χ1n) is 5.86. The van der Waals surface area contributed by atoms with Crippen molar-refractivity contribution in [1.29, 1.82) is 0 Å². The Bertz CT molecular complexity index is 291. The topological polar surface area (TPSA) is 51.0 Å². The molecule has 0 bridgehead atoms. The van der Waals surface area contributed by atoms with E-state index >= 15 is 0 Å². The molecule has 1 N–H and O–H groups in total. The molecule has 4 nitrogen and oxygen atoms in total. The van der Waals surface area contributed by atoms with Gasteiger partial charge in [-0.2, -0.15) is 16.7 Å². The second-order valence-electron chi connectivity index (χ2n) is 3.72. The molecular formula is C11H21N3OS. The molecule has 0 aliphatic heterocycles. The Morgan fingerprint density at radius 1 is 1.44 bits per heavy atom. The molecule has 0 aromatic carbocycles. The number of aromatic nitrogens is 2. The minimum absolute atomic E-state index is 0.442. The van der Waals surface area contributed by atoms with Crippen molar-refractivity contribution in [2.24, 2.45) is 0 Å². The summed E-state index contributed by atoms with van der Waals surface area (Å²) in [5, 5.41) is 7.24. The van der Waals surface area contributed by atoms with Crippen molar-refractivity contribution in [3.8, 4) is 0 Å². The van der Waals surface area contributed by atoms with Crippen molar-refractivity contribution in [3.63, 3.8) is 0 Å². The van der Waals surface area contributed by atoms with Crippen LogP contribution in [0.5, 0.6) is 0 Å². The summed E-state index contributed by atoms with van der Waals surface area (Å²) in [4.78, 5) is 4.38. The first kappa shape index (κ1) is 13.5. The van der Waals surface area contributed by atoms with Gasteiger partial charge in [-0.05, 0) is 19.2 Å². The first-order chi connectivity index (χ1) is 7.80. The predicted molar refractivity (Wildman–Crippen MR) is 67.6 cm³/mol. The van der Waals surface area contributed by atoms with E-state index in [2.05, 4.69) is 29.3 Å².